The Morgan fingerprint density at radius 3 is 2.86 bits per heavy atom. The van der Waals surface area contributed by atoms with Crippen LogP contribution in [0.4, 0.5) is 0 Å². The molecule has 2 atom stereocenters. The second kappa shape index (κ2) is 8.06. The predicted octanol–water partition coefficient (Wildman–Crippen LogP) is 3.78. The number of imidazole rings is 1. The second-order valence-corrected chi connectivity index (χ2v) is 7.71. The van der Waals surface area contributed by atoms with Crippen LogP contribution in [0.5, 0.6) is 0 Å². The van der Waals surface area contributed by atoms with E-state index in [1.54, 1.807) is 23.9 Å². The van der Waals surface area contributed by atoms with Crippen LogP contribution in [-0.2, 0) is 9.53 Å². The van der Waals surface area contributed by atoms with Crippen LogP contribution >= 0.6 is 11.8 Å². The molecule has 0 aliphatic carbocycles. The van der Waals surface area contributed by atoms with Crippen LogP contribution in [0.2, 0.25) is 0 Å². The summed E-state index contributed by atoms with van der Waals surface area (Å²) in [4.78, 5) is 32.6. The van der Waals surface area contributed by atoms with E-state index in [0.717, 1.165) is 34.6 Å². The van der Waals surface area contributed by atoms with Gasteiger partial charge in [-0.05, 0) is 36.6 Å². The lowest BCUT2D eigenvalue weighted by Crippen LogP contribution is -2.30. The summed E-state index contributed by atoms with van der Waals surface area (Å²) in [6.07, 6.45) is 2.35. The second-order valence-electron chi connectivity index (χ2n) is 6.73. The van der Waals surface area contributed by atoms with E-state index in [0.29, 0.717) is 5.56 Å². The number of carbonyl (C=O) groups excluding carboxylic acids is 2. The molecule has 3 aromatic rings. The number of thioether (sulfide) groups is 1. The van der Waals surface area contributed by atoms with E-state index in [1.165, 1.54) is 0 Å². The van der Waals surface area contributed by atoms with Gasteiger partial charge < -0.3 is 15.0 Å². The first kappa shape index (κ1) is 18.6. The van der Waals surface area contributed by atoms with Crippen molar-refractivity contribution in [2.24, 2.45) is 0 Å². The lowest BCUT2D eigenvalue weighted by Gasteiger charge is -2.18. The van der Waals surface area contributed by atoms with E-state index < -0.39 is 6.10 Å². The number of H-pyrrole nitrogens is 1. The van der Waals surface area contributed by atoms with Crippen LogP contribution in [0.15, 0.2) is 48.5 Å². The highest BCUT2D eigenvalue weighted by Crippen LogP contribution is 2.33. The molecule has 0 radical (unpaired) electrons. The number of amides is 1. The van der Waals surface area contributed by atoms with E-state index in [1.807, 2.05) is 42.7 Å². The molecular formula is C21H21N3O3S. The van der Waals surface area contributed by atoms with Gasteiger partial charge in [0.05, 0.1) is 29.1 Å². The summed E-state index contributed by atoms with van der Waals surface area (Å²) in [5, 5.41) is 3.06. The van der Waals surface area contributed by atoms with Crippen molar-refractivity contribution >= 4 is 34.7 Å². The van der Waals surface area contributed by atoms with Gasteiger partial charge in [-0.2, -0.15) is 11.8 Å². The molecule has 28 heavy (non-hydrogen) atoms. The number of carbonyl (C=O) groups is 2. The molecular weight excluding hydrogens is 374 g/mol. The number of hydrogen-bond donors (Lipinski definition) is 2. The third kappa shape index (κ3) is 3.75. The molecule has 2 aromatic carbocycles. The molecule has 0 unspecified atom stereocenters. The van der Waals surface area contributed by atoms with Crippen molar-refractivity contribution in [3.05, 3.63) is 65.5 Å². The predicted molar refractivity (Wildman–Crippen MR) is 109 cm³/mol. The SMILES string of the molecule is CSCC[C@H](NC(=O)C[C@H]1OC(=O)c2ccccc21)c1nc2ccccc2[nH]1. The normalized spacial score (nSPS) is 16.6. The maximum atomic E-state index is 12.7. The lowest BCUT2D eigenvalue weighted by molar-refractivity contribution is -0.123. The zero-order chi connectivity index (χ0) is 19.5. The number of aromatic amines is 1. The van der Waals surface area contributed by atoms with Crippen molar-refractivity contribution in [3.63, 3.8) is 0 Å². The fourth-order valence-corrected chi connectivity index (χ4v) is 3.92. The maximum Gasteiger partial charge on any atom is 0.339 e. The minimum Gasteiger partial charge on any atom is -0.453 e. The molecule has 2 heterocycles. The molecule has 2 N–H and O–H groups in total. The molecule has 7 heteroatoms. The molecule has 1 aliphatic rings. The zero-order valence-corrected chi connectivity index (χ0v) is 16.3. The number of aromatic nitrogens is 2. The van der Waals surface area contributed by atoms with Crippen LogP contribution in [-0.4, -0.2) is 33.9 Å². The minimum absolute atomic E-state index is 0.0960. The van der Waals surface area contributed by atoms with Crippen LogP contribution in [0.25, 0.3) is 11.0 Å². The third-order valence-corrected chi connectivity index (χ3v) is 5.48. The van der Waals surface area contributed by atoms with Gasteiger partial charge in [0.15, 0.2) is 0 Å². The highest BCUT2D eigenvalue weighted by atomic mass is 32.2. The zero-order valence-electron chi connectivity index (χ0n) is 15.5. The Kier molecular flexibility index (Phi) is 5.34. The molecule has 4 rings (SSSR count). The number of rotatable bonds is 7. The first-order valence-corrected chi connectivity index (χ1v) is 10.6. The molecule has 0 saturated heterocycles. The number of nitrogens with zero attached hydrogens (tertiary/aromatic N) is 1. The topological polar surface area (TPSA) is 84.1 Å². The van der Waals surface area contributed by atoms with E-state index in [-0.39, 0.29) is 24.3 Å². The number of cyclic esters (lactones) is 1. The molecule has 0 saturated carbocycles. The smallest absolute Gasteiger partial charge is 0.339 e. The van der Waals surface area contributed by atoms with Gasteiger partial charge in [-0.3, -0.25) is 4.79 Å². The van der Waals surface area contributed by atoms with Gasteiger partial charge in [-0.1, -0.05) is 30.3 Å². The number of hydrogen-bond acceptors (Lipinski definition) is 5. The minimum atomic E-state index is -0.541. The Bertz CT molecular complexity index is 984. The summed E-state index contributed by atoms with van der Waals surface area (Å²) < 4.78 is 5.39. The van der Waals surface area contributed by atoms with Gasteiger partial charge in [0, 0.05) is 5.56 Å². The van der Waals surface area contributed by atoms with Crippen molar-refractivity contribution in [3.8, 4) is 0 Å². The summed E-state index contributed by atoms with van der Waals surface area (Å²) >= 11 is 1.72. The first-order chi connectivity index (χ1) is 13.7. The molecule has 6 nitrogen and oxygen atoms in total. The Hall–Kier alpha value is -2.80. The maximum absolute atomic E-state index is 12.7. The summed E-state index contributed by atoms with van der Waals surface area (Å²) in [6.45, 7) is 0. The molecule has 0 bridgehead atoms. The summed E-state index contributed by atoms with van der Waals surface area (Å²) in [7, 11) is 0. The van der Waals surface area contributed by atoms with Crippen LogP contribution in [0.1, 0.15) is 46.7 Å². The molecule has 1 aromatic heterocycles. The van der Waals surface area contributed by atoms with Crippen LogP contribution < -0.4 is 5.32 Å². The molecule has 0 fully saturated rings. The van der Waals surface area contributed by atoms with Gasteiger partial charge in [0.1, 0.15) is 11.9 Å². The number of benzene rings is 2. The van der Waals surface area contributed by atoms with E-state index in [4.69, 9.17) is 4.74 Å². The van der Waals surface area contributed by atoms with E-state index in [9.17, 15) is 9.59 Å². The first-order valence-electron chi connectivity index (χ1n) is 9.18. The quantitative estimate of drug-likeness (QED) is 0.595. The molecule has 0 spiro atoms. The number of fused-ring (bicyclic) bond motifs is 2. The number of para-hydroxylation sites is 2. The van der Waals surface area contributed by atoms with Crippen molar-refractivity contribution in [2.75, 3.05) is 12.0 Å². The Labute approximate surface area is 167 Å². The monoisotopic (exact) mass is 395 g/mol. The van der Waals surface area contributed by atoms with Crippen molar-refractivity contribution in [2.45, 2.75) is 25.0 Å². The van der Waals surface area contributed by atoms with Gasteiger partial charge in [-0.25, -0.2) is 9.78 Å². The van der Waals surface area contributed by atoms with Crippen LogP contribution in [0, 0.1) is 0 Å². The van der Waals surface area contributed by atoms with Crippen molar-refractivity contribution in [1.82, 2.24) is 15.3 Å². The lowest BCUT2D eigenvalue weighted by atomic mass is 10.0. The van der Waals surface area contributed by atoms with Gasteiger partial charge in [0.2, 0.25) is 5.91 Å². The average molecular weight is 395 g/mol. The fourth-order valence-electron chi connectivity index (χ4n) is 3.44. The number of ether oxygens (including phenoxy) is 1. The number of esters is 1. The van der Waals surface area contributed by atoms with Crippen molar-refractivity contribution < 1.29 is 14.3 Å². The van der Waals surface area contributed by atoms with E-state index in [2.05, 4.69) is 15.3 Å². The molecule has 1 amide bonds. The molecule has 1 aliphatic heterocycles. The summed E-state index contributed by atoms with van der Waals surface area (Å²) in [6, 6.07) is 14.8. The number of nitrogens with one attached hydrogen (secondary N) is 2. The van der Waals surface area contributed by atoms with Gasteiger partial charge in [0.25, 0.3) is 0 Å². The summed E-state index contributed by atoms with van der Waals surface area (Å²) in [5.41, 5.74) is 3.13. The summed E-state index contributed by atoms with van der Waals surface area (Å²) in [5.74, 6) is 1.10. The Balaban J connectivity index is 1.49. The Morgan fingerprint density at radius 1 is 1.25 bits per heavy atom. The van der Waals surface area contributed by atoms with Crippen LogP contribution in [0.3, 0.4) is 0 Å². The largest absolute Gasteiger partial charge is 0.453 e. The highest BCUT2D eigenvalue weighted by molar-refractivity contribution is 7.98. The highest BCUT2D eigenvalue weighted by Gasteiger charge is 2.32. The van der Waals surface area contributed by atoms with E-state index >= 15 is 0 Å². The third-order valence-electron chi connectivity index (χ3n) is 4.83. The standard InChI is InChI=1S/C21H21N3O3S/c1-28-11-10-17(20-23-15-8-4-5-9-16(15)24-20)22-19(25)12-18-13-6-2-3-7-14(13)21(26)27-18/h2-9,17-18H,10-12H2,1H3,(H,22,25)(H,23,24)/t17-,18+/m0/s1. The van der Waals surface area contributed by atoms with Gasteiger partial charge >= 0.3 is 5.97 Å². The van der Waals surface area contributed by atoms with Gasteiger partial charge in [-0.15, -0.1) is 0 Å². The van der Waals surface area contributed by atoms with Crippen molar-refractivity contribution in [1.29, 1.82) is 0 Å². The Morgan fingerprint density at radius 2 is 2.04 bits per heavy atom. The fraction of sp³-hybridized carbons (Fsp3) is 0.286. The molecule has 144 valence electrons. The average Bonchev–Trinajstić information content (AvgIpc) is 3.27.